The number of rotatable bonds is 2. The number of carbonyl (C=O) groups is 1. The molecular weight excluding hydrogens is 256 g/mol. The van der Waals surface area contributed by atoms with Gasteiger partial charge in [-0.25, -0.2) is 4.79 Å². The van der Waals surface area contributed by atoms with Gasteiger partial charge in [0.25, 0.3) is 0 Å². The molecule has 0 fully saturated rings. The summed E-state index contributed by atoms with van der Waals surface area (Å²) in [4.78, 5) is 12.9. The van der Waals surface area contributed by atoms with Crippen molar-refractivity contribution in [3.63, 3.8) is 0 Å². The van der Waals surface area contributed by atoms with Crippen LogP contribution in [0.3, 0.4) is 0 Å². The van der Waals surface area contributed by atoms with Gasteiger partial charge in [-0.3, -0.25) is 0 Å². The summed E-state index contributed by atoms with van der Waals surface area (Å²) in [6.45, 7) is 1.96. The Balaban J connectivity index is 2.65. The van der Waals surface area contributed by atoms with Crippen LogP contribution in [0.2, 0.25) is 0 Å². The van der Waals surface area contributed by atoms with Crippen molar-refractivity contribution in [1.29, 1.82) is 0 Å². The van der Waals surface area contributed by atoms with Crippen molar-refractivity contribution >= 4 is 22.0 Å². The lowest BCUT2D eigenvalue weighted by atomic mass is 10.1. The lowest BCUT2D eigenvalue weighted by Gasteiger charge is -2.18. The minimum absolute atomic E-state index is 0.0213. The zero-order valence-corrected chi connectivity index (χ0v) is 10.7. The third kappa shape index (κ3) is 3.55. The van der Waals surface area contributed by atoms with Crippen molar-refractivity contribution in [1.82, 2.24) is 10.2 Å². The molecule has 0 radical (unpaired) electrons. The fourth-order valence-corrected chi connectivity index (χ4v) is 1.41. The SMILES string of the molecule is CC(NC(=O)N(C)C)c1ccc(Br)cc1. The van der Waals surface area contributed by atoms with Crippen molar-refractivity contribution < 1.29 is 4.79 Å². The second-order valence-corrected chi connectivity index (χ2v) is 4.53. The first kappa shape index (κ1) is 12.0. The lowest BCUT2D eigenvalue weighted by molar-refractivity contribution is 0.214. The summed E-state index contributed by atoms with van der Waals surface area (Å²) in [7, 11) is 3.45. The molecule has 0 aliphatic rings. The van der Waals surface area contributed by atoms with Crippen LogP contribution in [-0.4, -0.2) is 25.0 Å². The largest absolute Gasteiger partial charge is 0.331 e. The fourth-order valence-electron chi connectivity index (χ4n) is 1.15. The Bertz CT molecular complexity index is 335. The Kier molecular flexibility index (Phi) is 4.15. The maximum Gasteiger partial charge on any atom is 0.317 e. The highest BCUT2D eigenvalue weighted by molar-refractivity contribution is 9.10. The molecule has 1 unspecified atom stereocenters. The number of urea groups is 1. The molecule has 0 aliphatic carbocycles. The molecule has 1 aromatic rings. The molecule has 0 saturated carbocycles. The summed E-state index contributed by atoms with van der Waals surface area (Å²) in [6.07, 6.45) is 0. The van der Waals surface area contributed by atoms with Crippen LogP contribution >= 0.6 is 15.9 Å². The van der Waals surface area contributed by atoms with E-state index in [1.807, 2.05) is 31.2 Å². The molecule has 3 nitrogen and oxygen atoms in total. The first-order chi connectivity index (χ1) is 7.00. The van der Waals surface area contributed by atoms with Gasteiger partial charge in [-0.05, 0) is 24.6 Å². The van der Waals surface area contributed by atoms with Crippen molar-refractivity contribution in [2.24, 2.45) is 0 Å². The monoisotopic (exact) mass is 270 g/mol. The van der Waals surface area contributed by atoms with Crippen LogP contribution in [0, 0.1) is 0 Å². The second-order valence-electron chi connectivity index (χ2n) is 3.62. The molecule has 0 aromatic heterocycles. The topological polar surface area (TPSA) is 32.3 Å². The van der Waals surface area contributed by atoms with Crippen molar-refractivity contribution in [2.75, 3.05) is 14.1 Å². The van der Waals surface area contributed by atoms with Crippen molar-refractivity contribution in [3.05, 3.63) is 34.3 Å². The zero-order valence-electron chi connectivity index (χ0n) is 9.12. The predicted octanol–water partition coefficient (Wildman–Crippen LogP) is 2.78. The van der Waals surface area contributed by atoms with Crippen LogP contribution in [0.15, 0.2) is 28.7 Å². The van der Waals surface area contributed by atoms with E-state index < -0.39 is 0 Å². The summed E-state index contributed by atoms with van der Waals surface area (Å²) in [6, 6.07) is 7.86. The maximum atomic E-state index is 11.4. The van der Waals surface area contributed by atoms with Crippen LogP contribution in [0.25, 0.3) is 0 Å². The molecule has 1 rings (SSSR count). The Morgan fingerprint density at radius 2 is 1.87 bits per heavy atom. The van der Waals surface area contributed by atoms with E-state index in [1.54, 1.807) is 14.1 Å². The molecule has 15 heavy (non-hydrogen) atoms. The first-order valence-electron chi connectivity index (χ1n) is 4.74. The predicted molar refractivity (Wildman–Crippen MR) is 64.8 cm³/mol. The minimum Gasteiger partial charge on any atom is -0.331 e. The third-order valence-electron chi connectivity index (χ3n) is 2.12. The molecule has 1 aromatic carbocycles. The standard InChI is InChI=1S/C11H15BrN2O/c1-8(13-11(15)14(2)3)9-4-6-10(12)7-5-9/h4-8H,1-3H3,(H,13,15). The highest BCUT2D eigenvalue weighted by Gasteiger charge is 2.09. The van der Waals surface area contributed by atoms with E-state index in [4.69, 9.17) is 0 Å². The van der Waals surface area contributed by atoms with Gasteiger partial charge >= 0.3 is 6.03 Å². The van der Waals surface area contributed by atoms with Gasteiger partial charge in [-0.2, -0.15) is 0 Å². The number of nitrogens with zero attached hydrogens (tertiary/aromatic N) is 1. The summed E-state index contributed by atoms with van der Waals surface area (Å²) < 4.78 is 1.04. The normalized spacial score (nSPS) is 12.0. The second kappa shape index (κ2) is 5.16. The van der Waals surface area contributed by atoms with Crippen molar-refractivity contribution in [2.45, 2.75) is 13.0 Å². The van der Waals surface area contributed by atoms with Gasteiger partial charge in [0, 0.05) is 18.6 Å². The Hall–Kier alpha value is -1.03. The van der Waals surface area contributed by atoms with E-state index in [2.05, 4.69) is 21.2 Å². The molecular formula is C11H15BrN2O. The van der Waals surface area contributed by atoms with Gasteiger partial charge in [-0.1, -0.05) is 28.1 Å². The van der Waals surface area contributed by atoms with Gasteiger partial charge in [-0.15, -0.1) is 0 Å². The summed E-state index contributed by atoms with van der Waals surface area (Å²) >= 11 is 3.37. The average Bonchev–Trinajstić information content (AvgIpc) is 2.18. The highest BCUT2D eigenvalue weighted by atomic mass is 79.9. The van der Waals surface area contributed by atoms with Crippen LogP contribution in [-0.2, 0) is 0 Å². The summed E-state index contributed by atoms with van der Waals surface area (Å²) in [5, 5.41) is 2.89. The van der Waals surface area contributed by atoms with Gasteiger partial charge in [0.2, 0.25) is 0 Å². The van der Waals surface area contributed by atoms with E-state index in [0.717, 1.165) is 10.0 Å². The van der Waals surface area contributed by atoms with Gasteiger partial charge in [0.15, 0.2) is 0 Å². The van der Waals surface area contributed by atoms with E-state index in [0.29, 0.717) is 0 Å². The maximum absolute atomic E-state index is 11.4. The molecule has 82 valence electrons. The summed E-state index contributed by atoms with van der Waals surface area (Å²) in [5.41, 5.74) is 1.09. The van der Waals surface area contributed by atoms with E-state index in [1.165, 1.54) is 4.90 Å². The fraction of sp³-hybridized carbons (Fsp3) is 0.364. The average molecular weight is 271 g/mol. The van der Waals surface area contributed by atoms with Gasteiger partial charge in [0.05, 0.1) is 6.04 Å². The molecule has 4 heteroatoms. The molecule has 0 aliphatic heterocycles. The minimum atomic E-state index is -0.0783. The highest BCUT2D eigenvalue weighted by Crippen LogP contribution is 2.16. The summed E-state index contributed by atoms with van der Waals surface area (Å²) in [5.74, 6) is 0. The number of amides is 2. The van der Waals surface area contributed by atoms with Crippen molar-refractivity contribution in [3.8, 4) is 0 Å². The Morgan fingerprint density at radius 1 is 1.33 bits per heavy atom. The number of hydrogen-bond acceptors (Lipinski definition) is 1. The smallest absolute Gasteiger partial charge is 0.317 e. The van der Waals surface area contributed by atoms with E-state index in [9.17, 15) is 4.79 Å². The van der Waals surface area contributed by atoms with Crippen LogP contribution in [0.5, 0.6) is 0 Å². The number of hydrogen-bond donors (Lipinski definition) is 1. The van der Waals surface area contributed by atoms with Gasteiger partial charge < -0.3 is 10.2 Å². The molecule has 0 spiro atoms. The Morgan fingerprint density at radius 3 is 2.33 bits per heavy atom. The van der Waals surface area contributed by atoms with Crippen LogP contribution < -0.4 is 5.32 Å². The molecule has 2 amide bonds. The third-order valence-corrected chi connectivity index (χ3v) is 2.64. The zero-order chi connectivity index (χ0) is 11.4. The molecule has 1 atom stereocenters. The van der Waals surface area contributed by atoms with E-state index in [-0.39, 0.29) is 12.1 Å². The van der Waals surface area contributed by atoms with Crippen LogP contribution in [0.1, 0.15) is 18.5 Å². The van der Waals surface area contributed by atoms with E-state index >= 15 is 0 Å². The number of carbonyl (C=O) groups excluding carboxylic acids is 1. The van der Waals surface area contributed by atoms with Crippen LogP contribution in [0.4, 0.5) is 4.79 Å². The Labute approximate surface area is 98.6 Å². The van der Waals surface area contributed by atoms with Gasteiger partial charge in [0.1, 0.15) is 0 Å². The number of halogens is 1. The quantitative estimate of drug-likeness (QED) is 0.881. The number of nitrogens with one attached hydrogen (secondary N) is 1. The first-order valence-corrected chi connectivity index (χ1v) is 5.53. The molecule has 0 heterocycles. The molecule has 1 N–H and O–H groups in total. The molecule has 0 saturated heterocycles. The lowest BCUT2D eigenvalue weighted by Crippen LogP contribution is -2.36. The molecule has 0 bridgehead atoms. The number of benzene rings is 1.